The molecule has 0 aliphatic carbocycles. The first-order valence-corrected chi connectivity index (χ1v) is 6.13. The van der Waals surface area contributed by atoms with Crippen LogP contribution in [0.25, 0.3) is 0 Å². The number of benzene rings is 1. The van der Waals surface area contributed by atoms with Crippen molar-refractivity contribution in [2.24, 2.45) is 0 Å². The van der Waals surface area contributed by atoms with Crippen LogP contribution in [0.15, 0.2) is 22.7 Å². The molecule has 0 aliphatic heterocycles. The van der Waals surface area contributed by atoms with Crippen LogP contribution >= 0.6 is 15.9 Å². The van der Waals surface area contributed by atoms with Crippen LogP contribution in [0.1, 0.15) is 17.3 Å². The van der Waals surface area contributed by atoms with Crippen LogP contribution in [0.4, 0.5) is 4.39 Å². The van der Waals surface area contributed by atoms with Gasteiger partial charge in [0.15, 0.2) is 0 Å². The van der Waals surface area contributed by atoms with Gasteiger partial charge in [0.05, 0.1) is 12.2 Å². The Balaban J connectivity index is 2.71. The summed E-state index contributed by atoms with van der Waals surface area (Å²) in [5, 5.41) is 0. The Bertz CT molecular complexity index is 398. The van der Waals surface area contributed by atoms with Gasteiger partial charge in [-0.15, -0.1) is 0 Å². The zero-order chi connectivity index (χ0) is 12.8. The smallest absolute Gasteiger partial charge is 0.256 e. The molecule has 94 valence electrons. The minimum atomic E-state index is -0.513. The van der Waals surface area contributed by atoms with Crippen molar-refractivity contribution in [1.29, 1.82) is 0 Å². The van der Waals surface area contributed by atoms with Gasteiger partial charge in [-0.05, 0) is 25.1 Å². The highest BCUT2D eigenvalue weighted by atomic mass is 79.9. The maximum absolute atomic E-state index is 13.5. The van der Waals surface area contributed by atoms with Gasteiger partial charge < -0.3 is 9.64 Å². The number of ether oxygens (including phenoxy) is 1. The summed E-state index contributed by atoms with van der Waals surface area (Å²) in [6.07, 6.45) is 0. The Morgan fingerprint density at radius 2 is 2.24 bits per heavy atom. The first kappa shape index (κ1) is 14.1. The highest BCUT2D eigenvalue weighted by molar-refractivity contribution is 9.10. The van der Waals surface area contributed by atoms with Gasteiger partial charge in [-0.3, -0.25) is 4.79 Å². The minimum absolute atomic E-state index is 0.0679. The fourth-order valence-corrected chi connectivity index (χ4v) is 1.68. The van der Waals surface area contributed by atoms with Crippen LogP contribution in [0.5, 0.6) is 0 Å². The van der Waals surface area contributed by atoms with Crippen molar-refractivity contribution in [3.8, 4) is 0 Å². The van der Waals surface area contributed by atoms with Gasteiger partial charge in [0.1, 0.15) is 5.82 Å². The summed E-state index contributed by atoms with van der Waals surface area (Å²) in [5.41, 5.74) is 0.0679. The third kappa shape index (κ3) is 4.09. The Hall–Kier alpha value is -0.940. The van der Waals surface area contributed by atoms with Crippen molar-refractivity contribution in [1.82, 2.24) is 4.90 Å². The fourth-order valence-electron chi connectivity index (χ4n) is 1.31. The molecule has 1 rings (SSSR count). The first-order chi connectivity index (χ1) is 8.06. The van der Waals surface area contributed by atoms with E-state index in [-0.39, 0.29) is 11.5 Å². The van der Waals surface area contributed by atoms with Gasteiger partial charge in [0.2, 0.25) is 0 Å². The molecule has 0 spiro atoms. The number of carbonyl (C=O) groups is 1. The van der Waals surface area contributed by atoms with Crippen molar-refractivity contribution in [2.75, 3.05) is 26.8 Å². The number of carbonyl (C=O) groups excluding carboxylic acids is 1. The summed E-state index contributed by atoms with van der Waals surface area (Å²) in [6.45, 7) is 3.38. The quantitative estimate of drug-likeness (QED) is 0.783. The standard InChI is InChI=1S/C12H15BrFNO2/c1-3-17-7-6-15(2)12(16)10-8-9(13)4-5-11(10)14/h4-5,8H,3,6-7H2,1-2H3. The number of nitrogens with zero attached hydrogens (tertiary/aromatic N) is 1. The SMILES string of the molecule is CCOCCN(C)C(=O)c1cc(Br)ccc1F. The summed E-state index contributed by atoms with van der Waals surface area (Å²) in [6, 6.07) is 4.31. The molecule has 0 saturated heterocycles. The lowest BCUT2D eigenvalue weighted by molar-refractivity contribution is 0.0705. The molecule has 0 aromatic heterocycles. The molecule has 5 heteroatoms. The molecule has 1 aromatic rings. The number of likely N-dealkylation sites (N-methyl/N-ethyl adjacent to an activating group) is 1. The van der Waals surface area contributed by atoms with E-state index >= 15 is 0 Å². The predicted octanol–water partition coefficient (Wildman–Crippen LogP) is 2.70. The highest BCUT2D eigenvalue weighted by Gasteiger charge is 2.16. The van der Waals surface area contributed by atoms with Crippen LogP contribution in [0.2, 0.25) is 0 Å². The van der Waals surface area contributed by atoms with E-state index in [4.69, 9.17) is 4.74 Å². The predicted molar refractivity (Wildman–Crippen MR) is 67.6 cm³/mol. The van der Waals surface area contributed by atoms with Gasteiger partial charge >= 0.3 is 0 Å². The average Bonchev–Trinajstić information content (AvgIpc) is 2.31. The van der Waals surface area contributed by atoms with Crippen molar-refractivity contribution >= 4 is 21.8 Å². The van der Waals surface area contributed by atoms with Crippen molar-refractivity contribution in [3.63, 3.8) is 0 Å². The number of amides is 1. The van der Waals surface area contributed by atoms with E-state index in [0.717, 1.165) is 0 Å². The van der Waals surface area contributed by atoms with Crippen molar-refractivity contribution in [3.05, 3.63) is 34.1 Å². The third-order valence-electron chi connectivity index (χ3n) is 2.28. The molecule has 0 saturated carbocycles. The van der Waals surface area contributed by atoms with E-state index in [1.165, 1.54) is 17.0 Å². The summed E-state index contributed by atoms with van der Waals surface area (Å²) in [5.74, 6) is -0.857. The lowest BCUT2D eigenvalue weighted by Gasteiger charge is -2.17. The zero-order valence-electron chi connectivity index (χ0n) is 9.87. The normalized spacial score (nSPS) is 10.4. The molecule has 17 heavy (non-hydrogen) atoms. The molecule has 0 fully saturated rings. The second-order valence-electron chi connectivity index (χ2n) is 3.55. The molecule has 1 amide bonds. The molecule has 0 unspecified atom stereocenters. The third-order valence-corrected chi connectivity index (χ3v) is 2.77. The highest BCUT2D eigenvalue weighted by Crippen LogP contribution is 2.16. The second kappa shape index (κ2) is 6.71. The second-order valence-corrected chi connectivity index (χ2v) is 4.46. The zero-order valence-corrected chi connectivity index (χ0v) is 11.5. The molecule has 1 aromatic carbocycles. The topological polar surface area (TPSA) is 29.5 Å². The lowest BCUT2D eigenvalue weighted by Crippen LogP contribution is -2.30. The number of rotatable bonds is 5. The van der Waals surface area contributed by atoms with Gasteiger partial charge in [0, 0.05) is 24.7 Å². The van der Waals surface area contributed by atoms with Crippen LogP contribution < -0.4 is 0 Å². The molecule has 0 N–H and O–H groups in total. The summed E-state index contributed by atoms with van der Waals surface area (Å²) in [4.78, 5) is 13.4. The van der Waals surface area contributed by atoms with E-state index in [2.05, 4.69) is 15.9 Å². The number of hydrogen-bond donors (Lipinski definition) is 0. The molecule has 0 aliphatic rings. The summed E-state index contributed by atoms with van der Waals surface area (Å²) >= 11 is 3.22. The molecular formula is C12H15BrFNO2. The van der Waals surface area contributed by atoms with Crippen LogP contribution in [0.3, 0.4) is 0 Å². The molecule has 0 radical (unpaired) electrons. The fraction of sp³-hybridized carbons (Fsp3) is 0.417. The first-order valence-electron chi connectivity index (χ1n) is 5.34. The monoisotopic (exact) mass is 303 g/mol. The average molecular weight is 304 g/mol. The number of hydrogen-bond acceptors (Lipinski definition) is 2. The summed E-state index contributed by atoms with van der Waals surface area (Å²) in [7, 11) is 1.63. The van der Waals surface area contributed by atoms with E-state index in [1.54, 1.807) is 13.1 Å². The van der Waals surface area contributed by atoms with Crippen LogP contribution in [-0.4, -0.2) is 37.6 Å². The van der Waals surface area contributed by atoms with Gasteiger partial charge in [-0.1, -0.05) is 15.9 Å². The Kier molecular flexibility index (Phi) is 5.58. The molecule has 0 atom stereocenters. The van der Waals surface area contributed by atoms with E-state index < -0.39 is 5.82 Å². The van der Waals surface area contributed by atoms with Crippen LogP contribution in [-0.2, 0) is 4.74 Å². The van der Waals surface area contributed by atoms with Crippen LogP contribution in [0, 0.1) is 5.82 Å². The maximum Gasteiger partial charge on any atom is 0.256 e. The van der Waals surface area contributed by atoms with Crippen molar-refractivity contribution in [2.45, 2.75) is 6.92 Å². The lowest BCUT2D eigenvalue weighted by atomic mass is 10.2. The maximum atomic E-state index is 13.5. The molecule has 0 heterocycles. The Labute approximate surface area is 109 Å². The van der Waals surface area contributed by atoms with E-state index in [0.29, 0.717) is 24.2 Å². The Morgan fingerprint density at radius 3 is 2.88 bits per heavy atom. The van der Waals surface area contributed by atoms with Gasteiger partial charge in [-0.2, -0.15) is 0 Å². The van der Waals surface area contributed by atoms with E-state index in [1.807, 2.05) is 6.92 Å². The largest absolute Gasteiger partial charge is 0.380 e. The number of halogens is 2. The molecule has 3 nitrogen and oxygen atoms in total. The van der Waals surface area contributed by atoms with Gasteiger partial charge in [0.25, 0.3) is 5.91 Å². The minimum Gasteiger partial charge on any atom is -0.380 e. The Morgan fingerprint density at radius 1 is 1.53 bits per heavy atom. The van der Waals surface area contributed by atoms with Crippen molar-refractivity contribution < 1.29 is 13.9 Å². The van der Waals surface area contributed by atoms with Gasteiger partial charge in [-0.25, -0.2) is 4.39 Å². The molecule has 0 bridgehead atoms. The van der Waals surface area contributed by atoms with E-state index in [9.17, 15) is 9.18 Å². The summed E-state index contributed by atoms with van der Waals surface area (Å²) < 4.78 is 19.3. The molecular weight excluding hydrogens is 289 g/mol.